The molecule has 27 heavy (non-hydrogen) atoms. The van der Waals surface area contributed by atoms with Gasteiger partial charge in [0.2, 0.25) is 5.91 Å². The molecule has 0 aliphatic carbocycles. The SMILES string of the molecule is CCOc1ccc(N(CCC#N)C(=O)CN2c3ccccc3CC2C)cc1. The van der Waals surface area contributed by atoms with Crippen LogP contribution >= 0.6 is 0 Å². The van der Waals surface area contributed by atoms with Gasteiger partial charge in [-0.25, -0.2) is 0 Å². The fraction of sp³-hybridized carbons (Fsp3) is 0.364. The Balaban J connectivity index is 1.78. The number of anilines is 2. The first-order valence-corrected chi connectivity index (χ1v) is 9.38. The first-order chi connectivity index (χ1) is 13.1. The van der Waals surface area contributed by atoms with Crippen molar-refractivity contribution in [2.24, 2.45) is 0 Å². The van der Waals surface area contributed by atoms with Crippen LogP contribution in [-0.4, -0.2) is 31.6 Å². The van der Waals surface area contributed by atoms with Gasteiger partial charge in [0.15, 0.2) is 0 Å². The van der Waals surface area contributed by atoms with E-state index in [4.69, 9.17) is 10.00 Å². The molecule has 2 aromatic rings. The molecule has 0 radical (unpaired) electrons. The average Bonchev–Trinajstić information content (AvgIpc) is 2.99. The van der Waals surface area contributed by atoms with E-state index < -0.39 is 0 Å². The number of hydrogen-bond acceptors (Lipinski definition) is 4. The number of ether oxygens (including phenoxy) is 1. The summed E-state index contributed by atoms with van der Waals surface area (Å²) in [6, 6.07) is 18.1. The molecule has 1 aliphatic rings. The van der Waals surface area contributed by atoms with Gasteiger partial charge < -0.3 is 14.5 Å². The standard InChI is InChI=1S/C22H25N3O2/c1-3-27-20-11-9-19(10-12-20)24(14-6-13-23)22(26)16-25-17(2)15-18-7-4-5-8-21(18)25/h4-5,7-12,17H,3,6,14-16H2,1-2H3. The minimum absolute atomic E-state index is 0.00189. The van der Waals surface area contributed by atoms with Gasteiger partial charge in [0.25, 0.3) is 0 Å². The molecule has 5 nitrogen and oxygen atoms in total. The van der Waals surface area contributed by atoms with E-state index in [0.29, 0.717) is 26.1 Å². The Kier molecular flexibility index (Phi) is 5.97. The first kappa shape index (κ1) is 18.8. The number of para-hydroxylation sites is 1. The zero-order valence-corrected chi connectivity index (χ0v) is 15.9. The molecule has 0 saturated carbocycles. The van der Waals surface area contributed by atoms with Crippen molar-refractivity contribution in [3.63, 3.8) is 0 Å². The molecule has 0 aromatic heterocycles. The van der Waals surface area contributed by atoms with E-state index >= 15 is 0 Å². The highest BCUT2D eigenvalue weighted by Gasteiger charge is 2.29. The lowest BCUT2D eigenvalue weighted by atomic mass is 10.1. The molecule has 1 amide bonds. The fourth-order valence-corrected chi connectivity index (χ4v) is 3.55. The summed E-state index contributed by atoms with van der Waals surface area (Å²) >= 11 is 0. The third kappa shape index (κ3) is 4.22. The fourth-order valence-electron chi connectivity index (χ4n) is 3.55. The van der Waals surface area contributed by atoms with Gasteiger partial charge in [-0.1, -0.05) is 18.2 Å². The number of nitrogens with zero attached hydrogens (tertiary/aromatic N) is 3. The molecular weight excluding hydrogens is 338 g/mol. The van der Waals surface area contributed by atoms with E-state index in [1.165, 1.54) is 5.56 Å². The summed E-state index contributed by atoms with van der Waals surface area (Å²) in [7, 11) is 0. The monoisotopic (exact) mass is 363 g/mol. The lowest BCUT2D eigenvalue weighted by molar-refractivity contribution is -0.117. The highest BCUT2D eigenvalue weighted by atomic mass is 16.5. The second-order valence-corrected chi connectivity index (χ2v) is 6.69. The van der Waals surface area contributed by atoms with Crippen LogP contribution in [0.2, 0.25) is 0 Å². The second-order valence-electron chi connectivity index (χ2n) is 6.69. The van der Waals surface area contributed by atoms with E-state index in [9.17, 15) is 4.79 Å². The van der Waals surface area contributed by atoms with Gasteiger partial charge in [0.1, 0.15) is 5.75 Å². The average molecular weight is 363 g/mol. The van der Waals surface area contributed by atoms with E-state index in [1.54, 1.807) is 4.90 Å². The summed E-state index contributed by atoms with van der Waals surface area (Å²) in [5.74, 6) is 0.772. The number of benzene rings is 2. The molecule has 0 fully saturated rings. The Morgan fingerprint density at radius 1 is 1.26 bits per heavy atom. The van der Waals surface area contributed by atoms with Crippen molar-refractivity contribution in [2.75, 3.05) is 29.5 Å². The summed E-state index contributed by atoms with van der Waals surface area (Å²) in [4.78, 5) is 17.0. The Labute approximate surface area is 160 Å². The van der Waals surface area contributed by atoms with Crippen LogP contribution in [0.5, 0.6) is 5.75 Å². The van der Waals surface area contributed by atoms with Crippen molar-refractivity contribution < 1.29 is 9.53 Å². The van der Waals surface area contributed by atoms with Crippen LogP contribution < -0.4 is 14.5 Å². The predicted octanol–water partition coefficient (Wildman–Crippen LogP) is 3.78. The van der Waals surface area contributed by atoms with Crippen LogP contribution in [0.15, 0.2) is 48.5 Å². The number of fused-ring (bicyclic) bond motifs is 1. The van der Waals surface area contributed by atoms with E-state index in [-0.39, 0.29) is 11.9 Å². The molecule has 0 bridgehead atoms. The van der Waals surface area contributed by atoms with Crippen molar-refractivity contribution in [1.82, 2.24) is 0 Å². The van der Waals surface area contributed by atoms with Crippen molar-refractivity contribution in [1.29, 1.82) is 5.26 Å². The van der Waals surface area contributed by atoms with Crippen LogP contribution in [0.3, 0.4) is 0 Å². The van der Waals surface area contributed by atoms with E-state index in [0.717, 1.165) is 23.5 Å². The Bertz CT molecular complexity index is 826. The topological polar surface area (TPSA) is 56.6 Å². The summed E-state index contributed by atoms with van der Waals surface area (Å²) in [5.41, 5.74) is 3.20. The van der Waals surface area contributed by atoms with Gasteiger partial charge in [-0.15, -0.1) is 0 Å². The lowest BCUT2D eigenvalue weighted by Gasteiger charge is -2.29. The Morgan fingerprint density at radius 3 is 2.70 bits per heavy atom. The quantitative estimate of drug-likeness (QED) is 0.751. The molecule has 0 spiro atoms. The Morgan fingerprint density at radius 2 is 2.00 bits per heavy atom. The third-order valence-electron chi connectivity index (χ3n) is 4.86. The molecule has 1 atom stereocenters. The Hall–Kier alpha value is -3.00. The normalized spacial score (nSPS) is 15.1. The number of carbonyl (C=O) groups is 1. The molecular formula is C22H25N3O2. The minimum atomic E-state index is -0.00189. The number of amides is 1. The van der Waals surface area contributed by atoms with Gasteiger partial charge in [-0.3, -0.25) is 4.79 Å². The van der Waals surface area contributed by atoms with Crippen LogP contribution in [0.4, 0.5) is 11.4 Å². The maximum Gasteiger partial charge on any atom is 0.246 e. The number of hydrogen-bond donors (Lipinski definition) is 0. The highest BCUT2D eigenvalue weighted by Crippen LogP contribution is 2.32. The molecule has 3 rings (SSSR count). The van der Waals surface area contributed by atoms with Crippen molar-refractivity contribution >= 4 is 17.3 Å². The number of nitriles is 1. The van der Waals surface area contributed by atoms with Gasteiger partial charge in [-0.05, 0) is 56.2 Å². The van der Waals surface area contributed by atoms with Crippen molar-refractivity contribution in [2.45, 2.75) is 32.7 Å². The molecule has 0 N–H and O–H groups in total. The van der Waals surface area contributed by atoms with Gasteiger partial charge in [0.05, 0.1) is 25.6 Å². The minimum Gasteiger partial charge on any atom is -0.494 e. The highest BCUT2D eigenvalue weighted by molar-refractivity contribution is 5.97. The smallest absolute Gasteiger partial charge is 0.246 e. The molecule has 1 heterocycles. The van der Waals surface area contributed by atoms with Crippen LogP contribution in [0.1, 0.15) is 25.8 Å². The molecule has 2 aromatic carbocycles. The largest absolute Gasteiger partial charge is 0.494 e. The summed E-state index contributed by atoms with van der Waals surface area (Å²) < 4.78 is 5.48. The van der Waals surface area contributed by atoms with E-state index in [1.807, 2.05) is 43.3 Å². The zero-order chi connectivity index (χ0) is 19.2. The van der Waals surface area contributed by atoms with Gasteiger partial charge in [0, 0.05) is 24.0 Å². The van der Waals surface area contributed by atoms with Crippen LogP contribution in [0.25, 0.3) is 0 Å². The molecule has 140 valence electrons. The molecule has 0 saturated heterocycles. The maximum absolute atomic E-state index is 13.1. The van der Waals surface area contributed by atoms with E-state index in [2.05, 4.69) is 30.0 Å². The lowest BCUT2D eigenvalue weighted by Crippen LogP contribution is -2.43. The summed E-state index contributed by atoms with van der Waals surface area (Å²) in [5, 5.41) is 9.00. The molecule has 1 aliphatic heterocycles. The predicted molar refractivity (Wildman–Crippen MR) is 107 cm³/mol. The van der Waals surface area contributed by atoms with Gasteiger partial charge in [-0.2, -0.15) is 5.26 Å². The summed E-state index contributed by atoms with van der Waals surface area (Å²) in [6.07, 6.45) is 1.25. The van der Waals surface area contributed by atoms with Crippen molar-refractivity contribution in [3.8, 4) is 11.8 Å². The maximum atomic E-state index is 13.1. The van der Waals surface area contributed by atoms with Crippen molar-refractivity contribution in [3.05, 3.63) is 54.1 Å². The van der Waals surface area contributed by atoms with Gasteiger partial charge >= 0.3 is 0 Å². The number of carbonyl (C=O) groups excluding carboxylic acids is 1. The third-order valence-corrected chi connectivity index (χ3v) is 4.86. The molecule has 5 heteroatoms. The van der Waals surface area contributed by atoms with Crippen LogP contribution in [0, 0.1) is 11.3 Å². The zero-order valence-electron chi connectivity index (χ0n) is 15.9. The molecule has 1 unspecified atom stereocenters. The first-order valence-electron chi connectivity index (χ1n) is 9.38. The number of rotatable bonds is 7. The second kappa shape index (κ2) is 8.59. The van der Waals surface area contributed by atoms with Crippen LogP contribution in [-0.2, 0) is 11.2 Å². The summed E-state index contributed by atoms with van der Waals surface area (Å²) in [6.45, 7) is 5.36.